The van der Waals surface area contributed by atoms with Crippen molar-refractivity contribution in [2.75, 3.05) is 13.4 Å². The molecule has 1 heterocycles. The molecule has 0 N–H and O–H groups in total. The molecule has 0 amide bonds. The van der Waals surface area contributed by atoms with Crippen molar-refractivity contribution < 1.29 is 18.3 Å². The van der Waals surface area contributed by atoms with Crippen LogP contribution in [0.1, 0.15) is 23.4 Å². The highest BCUT2D eigenvalue weighted by Crippen LogP contribution is 2.33. The molecule has 0 unspecified atom stereocenters. The van der Waals surface area contributed by atoms with Crippen LogP contribution in [0.3, 0.4) is 0 Å². The van der Waals surface area contributed by atoms with Gasteiger partial charge in [-0.25, -0.2) is 8.78 Å². The summed E-state index contributed by atoms with van der Waals surface area (Å²) in [7, 11) is 1.53. The minimum Gasteiger partial charge on any atom is -0.496 e. The van der Waals surface area contributed by atoms with Crippen LogP contribution in [0.5, 0.6) is 11.5 Å². The quantitative estimate of drug-likeness (QED) is 0.310. The number of hydrogen-bond donors (Lipinski definition) is 0. The van der Waals surface area contributed by atoms with Crippen LogP contribution in [-0.2, 0) is 6.61 Å². The van der Waals surface area contributed by atoms with Crippen LogP contribution in [0.15, 0.2) is 46.7 Å². The normalized spacial score (nSPS) is 11.4. The molecule has 0 atom stereocenters. The Morgan fingerprint density at radius 3 is 2.57 bits per heavy atom. The number of thioether (sulfide) groups is 1. The van der Waals surface area contributed by atoms with E-state index in [2.05, 4.69) is 15.3 Å². The Bertz CT molecular complexity index is 1040. The highest BCUT2D eigenvalue weighted by Gasteiger charge is 2.19. The van der Waals surface area contributed by atoms with Gasteiger partial charge in [0.1, 0.15) is 12.4 Å². The third-order valence-corrected chi connectivity index (χ3v) is 5.15. The molecule has 0 saturated heterocycles. The van der Waals surface area contributed by atoms with Gasteiger partial charge in [0.05, 0.1) is 23.4 Å². The summed E-state index contributed by atoms with van der Waals surface area (Å²) in [5.41, 5.74) is 1.33. The maximum atomic E-state index is 13.1. The van der Waals surface area contributed by atoms with E-state index in [1.807, 2.05) is 0 Å². The van der Waals surface area contributed by atoms with E-state index in [1.54, 1.807) is 42.7 Å². The number of hydrogen-bond acceptors (Lipinski definition) is 6. The number of alkyl halides is 2. The predicted molar refractivity (Wildman–Crippen MR) is 114 cm³/mol. The molecule has 1 aromatic heterocycles. The number of benzene rings is 2. The summed E-state index contributed by atoms with van der Waals surface area (Å²) >= 11 is 13.4. The first-order valence-corrected chi connectivity index (χ1v) is 10.5. The van der Waals surface area contributed by atoms with Crippen LogP contribution in [0.4, 0.5) is 8.78 Å². The number of nitrogens with zero attached hydrogens (tertiary/aromatic N) is 4. The fourth-order valence-electron chi connectivity index (χ4n) is 2.53. The predicted octanol–water partition coefficient (Wildman–Crippen LogP) is 5.71. The van der Waals surface area contributed by atoms with E-state index in [0.717, 1.165) is 16.4 Å². The van der Waals surface area contributed by atoms with Gasteiger partial charge in [-0.15, -0.1) is 10.2 Å². The summed E-state index contributed by atoms with van der Waals surface area (Å²) < 4.78 is 38.4. The van der Waals surface area contributed by atoms with E-state index in [9.17, 15) is 8.78 Å². The van der Waals surface area contributed by atoms with Gasteiger partial charge >= 0.3 is 0 Å². The molecule has 2 aromatic carbocycles. The Hall–Kier alpha value is -2.36. The van der Waals surface area contributed by atoms with Gasteiger partial charge in [-0.1, -0.05) is 41.0 Å². The smallest absolute Gasteiger partial charge is 0.299 e. The maximum Gasteiger partial charge on any atom is 0.299 e. The van der Waals surface area contributed by atoms with E-state index in [0.29, 0.717) is 32.7 Å². The van der Waals surface area contributed by atoms with Gasteiger partial charge in [0.2, 0.25) is 11.0 Å². The number of ether oxygens (including phenoxy) is 2. The van der Waals surface area contributed by atoms with Crippen LogP contribution in [-0.4, -0.2) is 34.5 Å². The van der Waals surface area contributed by atoms with Crippen molar-refractivity contribution in [1.29, 1.82) is 0 Å². The minimum atomic E-state index is -2.80. The van der Waals surface area contributed by atoms with Gasteiger partial charge in [-0.05, 0) is 42.2 Å². The van der Waals surface area contributed by atoms with E-state index in [1.165, 1.54) is 13.3 Å². The van der Waals surface area contributed by atoms with Gasteiger partial charge in [0.15, 0.2) is 5.75 Å². The molecule has 158 valence electrons. The van der Waals surface area contributed by atoms with Gasteiger partial charge in [0, 0.05) is 5.56 Å². The molecule has 0 bridgehead atoms. The summed E-state index contributed by atoms with van der Waals surface area (Å²) in [6, 6.07) is 10.3. The standard InChI is InChI=1S/C19H16Cl2F2N4O2S/c1-28-15-7-6-11(9-24-27-18(17(22)23)25-26-19(27)30-2)8-12(15)10-29-16-13(20)4-3-5-14(16)21/h3-9,17H,10H2,1-2H3. The molecule has 3 aromatic rings. The first-order chi connectivity index (χ1) is 14.4. The summed E-state index contributed by atoms with van der Waals surface area (Å²) in [5, 5.41) is 12.3. The third-order valence-electron chi connectivity index (χ3n) is 3.93. The number of methoxy groups -OCH3 is 1. The Balaban J connectivity index is 1.86. The molecule has 3 rings (SSSR count). The lowest BCUT2D eigenvalue weighted by molar-refractivity contribution is 0.135. The average molecular weight is 473 g/mol. The highest BCUT2D eigenvalue weighted by atomic mass is 35.5. The zero-order chi connectivity index (χ0) is 21.7. The Morgan fingerprint density at radius 2 is 1.93 bits per heavy atom. The van der Waals surface area contributed by atoms with Crippen molar-refractivity contribution in [3.05, 3.63) is 63.4 Å². The number of halogens is 4. The van der Waals surface area contributed by atoms with Crippen LogP contribution in [0, 0.1) is 0 Å². The molecule has 0 aliphatic heterocycles. The fraction of sp³-hybridized carbons (Fsp3) is 0.211. The van der Waals surface area contributed by atoms with E-state index in [4.69, 9.17) is 32.7 Å². The second-order valence-electron chi connectivity index (χ2n) is 5.81. The summed E-state index contributed by atoms with van der Waals surface area (Å²) in [6.45, 7) is 0.124. The Kier molecular flexibility index (Phi) is 7.52. The van der Waals surface area contributed by atoms with Gasteiger partial charge in [0.25, 0.3) is 6.43 Å². The van der Waals surface area contributed by atoms with Gasteiger partial charge in [-0.3, -0.25) is 0 Å². The SMILES string of the molecule is COc1ccc(C=Nn2c(SC)nnc2C(F)F)cc1COc1c(Cl)cccc1Cl. The third kappa shape index (κ3) is 5.03. The van der Waals surface area contributed by atoms with E-state index < -0.39 is 12.2 Å². The van der Waals surface area contributed by atoms with Crippen molar-refractivity contribution >= 4 is 41.2 Å². The number of para-hydroxylation sites is 1. The molecule has 0 spiro atoms. The molecular formula is C19H16Cl2F2N4O2S. The summed E-state index contributed by atoms with van der Waals surface area (Å²) in [6.07, 6.45) is 0.338. The highest BCUT2D eigenvalue weighted by molar-refractivity contribution is 7.98. The fourth-order valence-corrected chi connectivity index (χ4v) is 3.48. The van der Waals surface area contributed by atoms with E-state index in [-0.39, 0.29) is 11.8 Å². The zero-order valence-electron chi connectivity index (χ0n) is 15.9. The maximum absolute atomic E-state index is 13.1. The second-order valence-corrected chi connectivity index (χ2v) is 7.40. The number of rotatable bonds is 8. The molecule has 0 saturated carbocycles. The van der Waals surface area contributed by atoms with Gasteiger partial charge in [-0.2, -0.15) is 9.78 Å². The van der Waals surface area contributed by atoms with Crippen LogP contribution in [0.25, 0.3) is 0 Å². The monoisotopic (exact) mass is 472 g/mol. The largest absolute Gasteiger partial charge is 0.496 e. The van der Waals surface area contributed by atoms with E-state index >= 15 is 0 Å². The molecule has 11 heteroatoms. The van der Waals surface area contributed by atoms with Crippen molar-refractivity contribution in [3.8, 4) is 11.5 Å². The zero-order valence-corrected chi connectivity index (χ0v) is 18.2. The van der Waals surface area contributed by atoms with Crippen molar-refractivity contribution in [3.63, 3.8) is 0 Å². The molecule has 0 aliphatic carbocycles. The lowest BCUT2D eigenvalue weighted by atomic mass is 10.1. The molecule has 0 fully saturated rings. The minimum absolute atomic E-state index is 0.124. The molecule has 0 aliphatic rings. The molecule has 6 nitrogen and oxygen atoms in total. The first kappa shape index (κ1) is 22.3. The summed E-state index contributed by atoms with van der Waals surface area (Å²) in [4.78, 5) is 0. The number of aromatic nitrogens is 3. The average Bonchev–Trinajstić information content (AvgIpc) is 3.15. The van der Waals surface area contributed by atoms with Crippen molar-refractivity contribution in [1.82, 2.24) is 14.9 Å². The Labute approximate surface area is 185 Å². The second kappa shape index (κ2) is 10.1. The molecule has 30 heavy (non-hydrogen) atoms. The van der Waals surface area contributed by atoms with Crippen LogP contribution < -0.4 is 9.47 Å². The molecular weight excluding hydrogens is 457 g/mol. The van der Waals surface area contributed by atoms with Crippen LogP contribution in [0.2, 0.25) is 10.0 Å². The lowest BCUT2D eigenvalue weighted by Gasteiger charge is -2.13. The van der Waals surface area contributed by atoms with Crippen molar-refractivity contribution in [2.45, 2.75) is 18.2 Å². The van der Waals surface area contributed by atoms with Crippen molar-refractivity contribution in [2.24, 2.45) is 5.10 Å². The first-order valence-electron chi connectivity index (χ1n) is 8.50. The lowest BCUT2D eigenvalue weighted by Crippen LogP contribution is -2.02. The van der Waals surface area contributed by atoms with Crippen LogP contribution >= 0.6 is 35.0 Å². The van der Waals surface area contributed by atoms with Gasteiger partial charge < -0.3 is 9.47 Å². The Morgan fingerprint density at radius 1 is 1.20 bits per heavy atom. The topological polar surface area (TPSA) is 61.5 Å². The molecule has 0 radical (unpaired) electrons. The summed E-state index contributed by atoms with van der Waals surface area (Å²) in [5.74, 6) is 0.413.